The summed E-state index contributed by atoms with van der Waals surface area (Å²) in [6, 6.07) is 5.12. The Morgan fingerprint density at radius 1 is 1.63 bits per heavy atom. The number of carbonyl (C=O) groups is 1. The highest BCUT2D eigenvalue weighted by atomic mass is 79.9. The predicted molar refractivity (Wildman–Crippen MR) is 76.0 cm³/mol. The van der Waals surface area contributed by atoms with Crippen molar-refractivity contribution in [2.45, 2.75) is 25.1 Å². The third-order valence-corrected chi connectivity index (χ3v) is 4.24. The molecule has 19 heavy (non-hydrogen) atoms. The van der Waals surface area contributed by atoms with Crippen molar-refractivity contribution in [3.8, 4) is 0 Å². The molecular weight excluding hydrogens is 334 g/mol. The van der Waals surface area contributed by atoms with Crippen LogP contribution in [-0.4, -0.2) is 41.8 Å². The molecule has 0 spiro atoms. The molecule has 1 aromatic rings. The fourth-order valence-corrected chi connectivity index (χ4v) is 2.89. The maximum Gasteiger partial charge on any atom is 0.323 e. The average Bonchev–Trinajstić information content (AvgIpc) is 2.74. The van der Waals surface area contributed by atoms with Crippen LogP contribution in [0.1, 0.15) is 12.0 Å². The molecule has 0 bridgehead atoms. The first-order valence-corrected chi connectivity index (χ1v) is 7.12. The number of ether oxygens (including phenoxy) is 1. The number of β-amino-alcohol motifs (C(OH)–C–C–N with tert-alkyl or cyclic N) is 1. The fourth-order valence-electron chi connectivity index (χ4n) is 2.32. The zero-order valence-electron chi connectivity index (χ0n) is 10.5. The van der Waals surface area contributed by atoms with Gasteiger partial charge >= 0.3 is 5.97 Å². The summed E-state index contributed by atoms with van der Waals surface area (Å²) in [5, 5.41) is 10.4. The van der Waals surface area contributed by atoms with Gasteiger partial charge in [0.05, 0.1) is 13.2 Å². The first-order chi connectivity index (χ1) is 9.01. The molecule has 6 heteroatoms. The maximum absolute atomic E-state index is 11.7. The molecule has 0 aliphatic carbocycles. The molecule has 1 aliphatic rings. The number of esters is 1. The molecular formula is C13H15BrClNO3. The van der Waals surface area contributed by atoms with Gasteiger partial charge in [-0.2, -0.15) is 0 Å². The molecule has 1 aliphatic heterocycles. The van der Waals surface area contributed by atoms with Crippen LogP contribution in [0.4, 0.5) is 0 Å². The van der Waals surface area contributed by atoms with E-state index in [1.54, 1.807) is 6.07 Å². The lowest BCUT2D eigenvalue weighted by Gasteiger charge is -2.22. The van der Waals surface area contributed by atoms with Gasteiger partial charge in [0.2, 0.25) is 0 Å². The van der Waals surface area contributed by atoms with E-state index in [9.17, 15) is 9.90 Å². The lowest BCUT2D eigenvalue weighted by molar-refractivity contribution is -0.146. The van der Waals surface area contributed by atoms with Gasteiger partial charge in [0.25, 0.3) is 0 Å². The summed E-state index contributed by atoms with van der Waals surface area (Å²) in [5.41, 5.74) is 0.982. The first kappa shape index (κ1) is 14.8. The molecule has 104 valence electrons. The van der Waals surface area contributed by atoms with Crippen molar-refractivity contribution < 1.29 is 14.6 Å². The molecule has 0 amide bonds. The van der Waals surface area contributed by atoms with Crippen LogP contribution in [0.15, 0.2) is 22.7 Å². The Morgan fingerprint density at radius 3 is 3.05 bits per heavy atom. The third kappa shape index (κ3) is 3.48. The molecule has 1 N–H and O–H groups in total. The van der Waals surface area contributed by atoms with Gasteiger partial charge in [0.1, 0.15) is 6.04 Å². The zero-order chi connectivity index (χ0) is 14.0. The molecule has 1 fully saturated rings. The van der Waals surface area contributed by atoms with Crippen molar-refractivity contribution in [3.63, 3.8) is 0 Å². The number of nitrogens with zero attached hydrogens (tertiary/aromatic N) is 1. The van der Waals surface area contributed by atoms with E-state index in [0.29, 0.717) is 24.5 Å². The molecule has 0 saturated carbocycles. The number of hydrogen-bond donors (Lipinski definition) is 1. The number of halogens is 2. The summed E-state index contributed by atoms with van der Waals surface area (Å²) in [7, 11) is 1.36. The third-order valence-electron chi connectivity index (χ3n) is 3.24. The van der Waals surface area contributed by atoms with E-state index < -0.39 is 12.1 Å². The van der Waals surface area contributed by atoms with Crippen LogP contribution in [-0.2, 0) is 16.1 Å². The van der Waals surface area contributed by atoms with Crippen LogP contribution in [0.3, 0.4) is 0 Å². The molecule has 1 saturated heterocycles. The van der Waals surface area contributed by atoms with Crippen LogP contribution >= 0.6 is 27.5 Å². The molecule has 0 radical (unpaired) electrons. The Kier molecular flexibility index (Phi) is 4.84. The van der Waals surface area contributed by atoms with E-state index in [1.165, 1.54) is 7.11 Å². The van der Waals surface area contributed by atoms with Crippen molar-refractivity contribution in [1.82, 2.24) is 4.90 Å². The zero-order valence-corrected chi connectivity index (χ0v) is 12.8. The summed E-state index contributed by atoms with van der Waals surface area (Å²) < 4.78 is 5.71. The standard InChI is InChI=1S/C13H15BrClNO3/c1-19-13(18)12-5-10(17)7-16(12)6-8-4-9(15)2-3-11(8)14/h2-4,10,12,17H,5-7H2,1H3/t10-,12+/m0/s1. The minimum absolute atomic E-state index is 0.310. The Balaban J connectivity index is 2.16. The number of benzene rings is 1. The molecule has 4 nitrogen and oxygen atoms in total. The number of rotatable bonds is 3. The van der Waals surface area contributed by atoms with E-state index in [1.807, 2.05) is 17.0 Å². The Labute approximate surface area is 125 Å². The minimum atomic E-state index is -0.498. The molecule has 2 rings (SSSR count). The van der Waals surface area contributed by atoms with Gasteiger partial charge in [0.15, 0.2) is 0 Å². The SMILES string of the molecule is COC(=O)[C@H]1C[C@H](O)CN1Cc1cc(Cl)ccc1Br. The summed E-state index contributed by atoms with van der Waals surface area (Å²) in [6.07, 6.45) is -0.0905. The van der Waals surface area contributed by atoms with Gasteiger partial charge < -0.3 is 9.84 Å². The van der Waals surface area contributed by atoms with Crippen molar-refractivity contribution >= 4 is 33.5 Å². The molecule has 0 unspecified atom stereocenters. The highest BCUT2D eigenvalue weighted by Gasteiger charge is 2.36. The van der Waals surface area contributed by atoms with Crippen molar-refractivity contribution in [2.75, 3.05) is 13.7 Å². The summed E-state index contributed by atoms with van der Waals surface area (Å²) in [5.74, 6) is -0.310. The van der Waals surface area contributed by atoms with Gasteiger partial charge in [-0.15, -0.1) is 0 Å². The molecule has 0 aromatic heterocycles. The van der Waals surface area contributed by atoms with Gasteiger partial charge in [-0.25, -0.2) is 0 Å². The molecule has 2 atom stereocenters. The fraction of sp³-hybridized carbons (Fsp3) is 0.462. The van der Waals surface area contributed by atoms with E-state index in [2.05, 4.69) is 15.9 Å². The normalized spacial score (nSPS) is 23.6. The second-order valence-corrected chi connectivity index (χ2v) is 5.88. The van der Waals surface area contributed by atoms with Crippen LogP contribution in [0, 0.1) is 0 Å². The smallest absolute Gasteiger partial charge is 0.323 e. The monoisotopic (exact) mass is 347 g/mol. The second kappa shape index (κ2) is 6.22. The van der Waals surface area contributed by atoms with Crippen LogP contribution in [0.5, 0.6) is 0 Å². The highest BCUT2D eigenvalue weighted by molar-refractivity contribution is 9.10. The van der Waals surface area contributed by atoms with E-state index >= 15 is 0 Å². The predicted octanol–water partition coefficient (Wildman–Crippen LogP) is 2.21. The van der Waals surface area contributed by atoms with E-state index in [-0.39, 0.29) is 5.97 Å². The summed E-state index contributed by atoms with van der Waals surface area (Å²) in [6.45, 7) is 0.997. The quantitative estimate of drug-likeness (QED) is 0.851. The number of aliphatic hydroxyl groups is 1. The first-order valence-electron chi connectivity index (χ1n) is 5.95. The van der Waals surface area contributed by atoms with Crippen molar-refractivity contribution in [1.29, 1.82) is 0 Å². The number of aliphatic hydroxyl groups excluding tert-OH is 1. The van der Waals surface area contributed by atoms with Crippen LogP contribution in [0.25, 0.3) is 0 Å². The van der Waals surface area contributed by atoms with Gasteiger partial charge in [0, 0.05) is 29.0 Å². The molecule has 1 aromatic carbocycles. The van der Waals surface area contributed by atoms with Crippen molar-refractivity contribution in [2.24, 2.45) is 0 Å². The van der Waals surface area contributed by atoms with Gasteiger partial charge in [-0.1, -0.05) is 27.5 Å². The van der Waals surface area contributed by atoms with Crippen LogP contribution < -0.4 is 0 Å². The minimum Gasteiger partial charge on any atom is -0.468 e. The molecule has 1 heterocycles. The Morgan fingerprint density at radius 2 is 2.37 bits per heavy atom. The lowest BCUT2D eigenvalue weighted by atomic mass is 10.2. The topological polar surface area (TPSA) is 49.8 Å². The number of methoxy groups -OCH3 is 1. The van der Waals surface area contributed by atoms with Gasteiger partial charge in [-0.05, 0) is 23.8 Å². The lowest BCUT2D eigenvalue weighted by Crippen LogP contribution is -2.36. The number of carbonyl (C=O) groups excluding carboxylic acids is 1. The number of likely N-dealkylation sites (tertiary alicyclic amines) is 1. The highest BCUT2D eigenvalue weighted by Crippen LogP contribution is 2.27. The van der Waals surface area contributed by atoms with E-state index in [0.717, 1.165) is 10.0 Å². The maximum atomic E-state index is 11.7. The van der Waals surface area contributed by atoms with E-state index in [4.69, 9.17) is 16.3 Å². The average molecular weight is 349 g/mol. The summed E-state index contributed by atoms with van der Waals surface area (Å²) >= 11 is 9.44. The second-order valence-electron chi connectivity index (χ2n) is 4.59. The Bertz CT molecular complexity index is 483. The Hall–Kier alpha value is -0.620. The van der Waals surface area contributed by atoms with Crippen LogP contribution in [0.2, 0.25) is 5.02 Å². The van der Waals surface area contributed by atoms with Crippen molar-refractivity contribution in [3.05, 3.63) is 33.3 Å². The largest absolute Gasteiger partial charge is 0.468 e. The summed E-state index contributed by atoms with van der Waals surface area (Å²) in [4.78, 5) is 13.6. The van der Waals surface area contributed by atoms with Gasteiger partial charge in [-0.3, -0.25) is 9.69 Å². The number of hydrogen-bond acceptors (Lipinski definition) is 4.